The van der Waals surface area contributed by atoms with E-state index in [0.717, 1.165) is 37.1 Å². The van der Waals surface area contributed by atoms with Crippen molar-refractivity contribution >= 4 is 29.9 Å². The molecule has 1 unspecified atom stereocenters. The maximum Gasteiger partial charge on any atom is 0.191 e. The van der Waals surface area contributed by atoms with E-state index in [4.69, 9.17) is 9.47 Å². The van der Waals surface area contributed by atoms with E-state index in [1.807, 2.05) is 24.3 Å². The van der Waals surface area contributed by atoms with Crippen LogP contribution in [-0.2, 0) is 0 Å². The monoisotopic (exact) mass is 462 g/mol. The van der Waals surface area contributed by atoms with E-state index in [0.29, 0.717) is 19.2 Å². The minimum atomic E-state index is -0.0266. The number of halogens is 1. The molecular formula is C18H31IN4O2. The van der Waals surface area contributed by atoms with Crippen LogP contribution < -0.4 is 20.1 Å². The smallest absolute Gasteiger partial charge is 0.191 e. The molecule has 1 aromatic rings. The molecule has 0 bridgehead atoms. The van der Waals surface area contributed by atoms with Crippen LogP contribution in [0, 0.1) is 0 Å². The second-order valence-corrected chi connectivity index (χ2v) is 6.10. The van der Waals surface area contributed by atoms with Crippen molar-refractivity contribution in [2.24, 2.45) is 4.99 Å². The molecule has 1 aliphatic heterocycles. The van der Waals surface area contributed by atoms with Crippen LogP contribution in [0.5, 0.6) is 11.5 Å². The standard InChI is InChI=1S/C18H30N4O2.HI/c1-5-22(14(2)3)11-10-20-18(19-4)21-12-15-13-23-16-8-6-7-9-17(16)24-15;/h6-9,14-15H,5,10-13H2,1-4H3,(H2,19,20,21);1H. The maximum atomic E-state index is 5.94. The Morgan fingerprint density at radius 1 is 1.28 bits per heavy atom. The number of fused-ring (bicyclic) bond motifs is 1. The van der Waals surface area contributed by atoms with E-state index in [1.54, 1.807) is 7.05 Å². The number of ether oxygens (including phenoxy) is 2. The van der Waals surface area contributed by atoms with Crippen LogP contribution in [0.15, 0.2) is 29.3 Å². The molecule has 0 radical (unpaired) electrons. The molecule has 0 spiro atoms. The third-order valence-corrected chi connectivity index (χ3v) is 4.12. The molecule has 6 nitrogen and oxygen atoms in total. The van der Waals surface area contributed by atoms with E-state index in [-0.39, 0.29) is 30.1 Å². The van der Waals surface area contributed by atoms with Crippen molar-refractivity contribution in [1.82, 2.24) is 15.5 Å². The number of hydrogen-bond donors (Lipinski definition) is 2. The van der Waals surface area contributed by atoms with Gasteiger partial charge < -0.3 is 20.1 Å². The summed E-state index contributed by atoms with van der Waals surface area (Å²) in [5, 5.41) is 6.65. The van der Waals surface area contributed by atoms with Gasteiger partial charge in [0.05, 0.1) is 6.54 Å². The van der Waals surface area contributed by atoms with Gasteiger partial charge in [0.25, 0.3) is 0 Å². The maximum absolute atomic E-state index is 5.94. The lowest BCUT2D eigenvalue weighted by atomic mass is 10.2. The first-order valence-corrected chi connectivity index (χ1v) is 8.71. The molecule has 2 rings (SSSR count). The van der Waals surface area contributed by atoms with Gasteiger partial charge in [-0.1, -0.05) is 19.1 Å². The van der Waals surface area contributed by atoms with Gasteiger partial charge in [-0.15, -0.1) is 24.0 Å². The van der Waals surface area contributed by atoms with E-state index in [1.165, 1.54) is 0 Å². The van der Waals surface area contributed by atoms with Crippen molar-refractivity contribution in [3.8, 4) is 11.5 Å². The Labute approximate surface area is 168 Å². The van der Waals surface area contributed by atoms with E-state index < -0.39 is 0 Å². The first-order chi connectivity index (χ1) is 11.6. The highest BCUT2D eigenvalue weighted by Gasteiger charge is 2.20. The van der Waals surface area contributed by atoms with Crippen molar-refractivity contribution in [3.05, 3.63) is 24.3 Å². The van der Waals surface area contributed by atoms with Gasteiger partial charge in [0, 0.05) is 26.2 Å². The largest absolute Gasteiger partial charge is 0.486 e. The predicted molar refractivity (Wildman–Crippen MR) is 114 cm³/mol. The molecule has 7 heteroatoms. The van der Waals surface area contributed by atoms with Crippen molar-refractivity contribution in [1.29, 1.82) is 0 Å². The van der Waals surface area contributed by atoms with Crippen LogP contribution in [-0.4, -0.2) is 62.8 Å². The van der Waals surface area contributed by atoms with Gasteiger partial charge in [-0.25, -0.2) is 0 Å². The average molecular weight is 462 g/mol. The number of guanidine groups is 1. The highest BCUT2D eigenvalue weighted by Crippen LogP contribution is 2.30. The number of benzene rings is 1. The fourth-order valence-electron chi connectivity index (χ4n) is 2.69. The summed E-state index contributed by atoms with van der Waals surface area (Å²) in [4.78, 5) is 6.68. The van der Waals surface area contributed by atoms with Crippen LogP contribution in [0.25, 0.3) is 0 Å². The zero-order chi connectivity index (χ0) is 17.4. The quantitative estimate of drug-likeness (QED) is 0.370. The number of rotatable bonds is 7. The predicted octanol–water partition coefficient (Wildman–Crippen LogP) is 2.34. The molecule has 1 aromatic carbocycles. The summed E-state index contributed by atoms with van der Waals surface area (Å²) in [6.45, 7) is 10.7. The van der Waals surface area contributed by atoms with Gasteiger partial charge in [0.2, 0.25) is 0 Å². The first-order valence-electron chi connectivity index (χ1n) is 8.71. The fourth-order valence-corrected chi connectivity index (χ4v) is 2.69. The fraction of sp³-hybridized carbons (Fsp3) is 0.611. The number of para-hydroxylation sites is 2. The van der Waals surface area contributed by atoms with Crippen LogP contribution in [0.4, 0.5) is 0 Å². The SMILES string of the molecule is CCN(CCNC(=NC)NCC1COc2ccccc2O1)C(C)C.I. The van der Waals surface area contributed by atoms with E-state index >= 15 is 0 Å². The average Bonchev–Trinajstić information content (AvgIpc) is 2.60. The molecule has 0 saturated heterocycles. The molecule has 0 amide bonds. The molecule has 0 saturated carbocycles. The third kappa shape index (κ3) is 6.89. The Bertz CT molecular complexity index is 540. The number of nitrogens with zero attached hydrogens (tertiary/aromatic N) is 2. The molecule has 1 aliphatic rings. The molecule has 142 valence electrons. The minimum absolute atomic E-state index is 0. The molecular weight excluding hydrogens is 431 g/mol. The Balaban J connectivity index is 0.00000312. The van der Waals surface area contributed by atoms with Gasteiger partial charge >= 0.3 is 0 Å². The van der Waals surface area contributed by atoms with E-state index in [2.05, 4.69) is 41.3 Å². The molecule has 1 heterocycles. The Morgan fingerprint density at radius 2 is 2.00 bits per heavy atom. The summed E-state index contributed by atoms with van der Waals surface area (Å²) in [5.74, 6) is 2.40. The normalized spacial score (nSPS) is 16.6. The first kappa shape index (κ1) is 21.8. The topological polar surface area (TPSA) is 58.1 Å². The van der Waals surface area contributed by atoms with Gasteiger partial charge in [-0.05, 0) is 32.5 Å². The molecule has 0 fully saturated rings. The Morgan fingerprint density at radius 3 is 2.64 bits per heavy atom. The van der Waals surface area contributed by atoms with Crippen molar-refractivity contribution in [3.63, 3.8) is 0 Å². The van der Waals surface area contributed by atoms with Gasteiger partial charge in [-0.3, -0.25) is 9.89 Å². The Hall–Kier alpha value is -1.22. The summed E-state index contributed by atoms with van der Waals surface area (Å²) in [6.07, 6.45) is -0.0266. The number of hydrogen-bond acceptors (Lipinski definition) is 4. The second kappa shape index (κ2) is 11.4. The number of aliphatic imine (C=N–C) groups is 1. The van der Waals surface area contributed by atoms with Crippen LogP contribution in [0.1, 0.15) is 20.8 Å². The van der Waals surface area contributed by atoms with Crippen LogP contribution >= 0.6 is 24.0 Å². The number of likely N-dealkylation sites (N-methyl/N-ethyl adjacent to an activating group) is 1. The lowest BCUT2D eigenvalue weighted by Gasteiger charge is -2.27. The Kier molecular flexibility index (Phi) is 9.96. The third-order valence-electron chi connectivity index (χ3n) is 4.12. The highest BCUT2D eigenvalue weighted by molar-refractivity contribution is 14.0. The molecule has 2 N–H and O–H groups in total. The lowest BCUT2D eigenvalue weighted by molar-refractivity contribution is 0.0936. The second-order valence-electron chi connectivity index (χ2n) is 6.10. The van der Waals surface area contributed by atoms with E-state index in [9.17, 15) is 0 Å². The van der Waals surface area contributed by atoms with Crippen LogP contribution in [0.2, 0.25) is 0 Å². The van der Waals surface area contributed by atoms with Gasteiger partial charge in [-0.2, -0.15) is 0 Å². The molecule has 0 aliphatic carbocycles. The van der Waals surface area contributed by atoms with Crippen LogP contribution in [0.3, 0.4) is 0 Å². The van der Waals surface area contributed by atoms with Gasteiger partial charge in [0.15, 0.2) is 17.5 Å². The summed E-state index contributed by atoms with van der Waals surface area (Å²) >= 11 is 0. The molecule has 25 heavy (non-hydrogen) atoms. The summed E-state index contributed by atoms with van der Waals surface area (Å²) in [7, 11) is 1.78. The zero-order valence-electron chi connectivity index (χ0n) is 15.6. The summed E-state index contributed by atoms with van der Waals surface area (Å²) in [6, 6.07) is 8.31. The number of nitrogens with one attached hydrogen (secondary N) is 2. The molecule has 1 atom stereocenters. The minimum Gasteiger partial charge on any atom is -0.486 e. The molecule has 0 aromatic heterocycles. The van der Waals surface area contributed by atoms with Crippen molar-refractivity contribution in [2.75, 3.05) is 39.8 Å². The highest BCUT2D eigenvalue weighted by atomic mass is 127. The lowest BCUT2D eigenvalue weighted by Crippen LogP contribution is -2.47. The zero-order valence-corrected chi connectivity index (χ0v) is 17.9. The van der Waals surface area contributed by atoms with Crippen molar-refractivity contribution < 1.29 is 9.47 Å². The van der Waals surface area contributed by atoms with Gasteiger partial charge in [0.1, 0.15) is 12.7 Å². The van der Waals surface area contributed by atoms with Crippen molar-refractivity contribution in [2.45, 2.75) is 32.9 Å². The summed E-state index contributed by atoms with van der Waals surface area (Å²) in [5.41, 5.74) is 0. The summed E-state index contributed by atoms with van der Waals surface area (Å²) < 4.78 is 11.7.